The molecule has 0 aromatic heterocycles. The predicted molar refractivity (Wildman–Crippen MR) is 130 cm³/mol. The number of fused-ring (bicyclic) bond motifs is 1. The minimum Gasteiger partial charge on any atom is -0.367 e. The van der Waals surface area contributed by atoms with Gasteiger partial charge < -0.3 is 19.6 Å². The lowest BCUT2D eigenvalue weighted by Gasteiger charge is -2.36. The summed E-state index contributed by atoms with van der Waals surface area (Å²) in [5, 5.41) is 10.4. The first-order valence-electron chi connectivity index (χ1n) is 10.9. The van der Waals surface area contributed by atoms with Crippen molar-refractivity contribution in [1.29, 1.82) is 5.26 Å². The molecule has 33 heavy (non-hydrogen) atoms. The monoisotopic (exact) mass is 463 g/mol. The highest BCUT2D eigenvalue weighted by atomic mass is 35.5. The Bertz CT molecular complexity index is 1120. The Kier molecular flexibility index (Phi) is 6.57. The number of piperazine rings is 1. The van der Waals surface area contributed by atoms with E-state index in [4.69, 9.17) is 11.6 Å². The number of halogens is 1. The molecule has 1 saturated heterocycles. The van der Waals surface area contributed by atoms with Crippen molar-refractivity contribution in [2.24, 2.45) is 0 Å². The van der Waals surface area contributed by atoms with Crippen LogP contribution < -0.4 is 14.7 Å². The van der Waals surface area contributed by atoms with E-state index in [9.17, 15) is 14.9 Å². The maximum Gasteiger partial charge on any atom is 0.223 e. The molecule has 0 bridgehead atoms. The van der Waals surface area contributed by atoms with Crippen LogP contribution in [0.5, 0.6) is 0 Å². The zero-order valence-electron chi connectivity index (χ0n) is 18.8. The predicted octanol–water partition coefficient (Wildman–Crippen LogP) is 3.66. The lowest BCUT2D eigenvalue weighted by atomic mass is 10.1. The Morgan fingerprint density at radius 2 is 1.42 bits per heavy atom. The average Bonchev–Trinajstić information content (AvgIpc) is 3.09. The van der Waals surface area contributed by atoms with Gasteiger partial charge in [0.2, 0.25) is 5.91 Å². The molecule has 0 unspecified atom stereocenters. The molecule has 0 aliphatic carbocycles. The molecule has 1 fully saturated rings. The van der Waals surface area contributed by atoms with E-state index < -0.39 is 0 Å². The van der Waals surface area contributed by atoms with E-state index in [2.05, 4.69) is 11.0 Å². The average molecular weight is 464 g/mol. The second-order valence-corrected chi connectivity index (χ2v) is 8.57. The van der Waals surface area contributed by atoms with Crippen LogP contribution in [-0.4, -0.2) is 56.9 Å². The Balaban J connectivity index is 1.37. The number of para-hydroxylation sites is 3. The first-order chi connectivity index (χ1) is 15.9. The summed E-state index contributed by atoms with van der Waals surface area (Å²) in [5.74, 6) is 0.160. The molecule has 8 heteroatoms. The molecule has 2 aromatic rings. The largest absolute Gasteiger partial charge is 0.367 e. The lowest BCUT2D eigenvalue weighted by Crippen LogP contribution is -2.48. The van der Waals surface area contributed by atoms with Crippen LogP contribution in [0.4, 0.5) is 17.1 Å². The number of Topliss-reactive ketones (excluding diaryl/α,β-unsaturated/α-hetero) is 1. The van der Waals surface area contributed by atoms with Crippen molar-refractivity contribution < 1.29 is 9.59 Å². The zero-order valence-corrected chi connectivity index (χ0v) is 19.5. The van der Waals surface area contributed by atoms with E-state index in [1.807, 2.05) is 72.4 Å². The molecule has 0 saturated carbocycles. The fourth-order valence-electron chi connectivity index (χ4n) is 4.47. The molecule has 0 atom stereocenters. The maximum atomic E-state index is 12.9. The first kappa shape index (κ1) is 22.7. The number of nitriles is 1. The molecule has 2 aliphatic rings. The first-order valence-corrected chi connectivity index (χ1v) is 11.3. The van der Waals surface area contributed by atoms with E-state index >= 15 is 0 Å². The number of carbonyl (C=O) groups excluding carboxylic acids is 2. The molecule has 0 radical (unpaired) electrons. The number of carbonyl (C=O) groups is 2. The highest BCUT2D eigenvalue weighted by molar-refractivity contribution is 6.33. The molecule has 4 rings (SSSR count). The molecule has 0 spiro atoms. The Hall–Kier alpha value is -3.50. The van der Waals surface area contributed by atoms with E-state index in [0.29, 0.717) is 37.0 Å². The minimum atomic E-state index is -0.318. The Morgan fingerprint density at radius 3 is 1.97 bits per heavy atom. The molecular formula is C25H26ClN5O2. The zero-order chi connectivity index (χ0) is 23.5. The van der Waals surface area contributed by atoms with Gasteiger partial charge in [-0.25, -0.2) is 0 Å². The quantitative estimate of drug-likeness (QED) is 0.498. The van der Waals surface area contributed by atoms with E-state index in [0.717, 1.165) is 17.1 Å². The number of nitrogens with zero attached hydrogens (tertiary/aromatic N) is 5. The third-order valence-electron chi connectivity index (χ3n) is 6.25. The number of ketones is 1. The van der Waals surface area contributed by atoms with Gasteiger partial charge in [-0.1, -0.05) is 35.9 Å². The van der Waals surface area contributed by atoms with Crippen LogP contribution in [0, 0.1) is 11.3 Å². The summed E-state index contributed by atoms with van der Waals surface area (Å²) in [6, 6.07) is 17.5. The van der Waals surface area contributed by atoms with Crippen molar-refractivity contribution in [3.05, 3.63) is 64.9 Å². The fourth-order valence-corrected chi connectivity index (χ4v) is 4.72. The molecule has 0 N–H and O–H groups in total. The Morgan fingerprint density at radius 1 is 0.879 bits per heavy atom. The third kappa shape index (κ3) is 4.39. The summed E-state index contributed by atoms with van der Waals surface area (Å²) in [6.07, 6.45) is 0.0950. The lowest BCUT2D eigenvalue weighted by molar-refractivity contribution is -0.133. The smallest absolute Gasteiger partial charge is 0.223 e. The number of allylic oxidation sites excluding steroid dienone is 1. The van der Waals surface area contributed by atoms with Crippen LogP contribution >= 0.6 is 11.6 Å². The van der Waals surface area contributed by atoms with Gasteiger partial charge in [-0.05, 0) is 24.3 Å². The summed E-state index contributed by atoms with van der Waals surface area (Å²) >= 11 is 6.29. The van der Waals surface area contributed by atoms with E-state index in [1.54, 1.807) is 4.90 Å². The molecule has 170 valence electrons. The fraction of sp³-hybridized carbons (Fsp3) is 0.320. The number of hydrogen-bond donors (Lipinski definition) is 0. The van der Waals surface area contributed by atoms with Gasteiger partial charge in [0.25, 0.3) is 0 Å². The van der Waals surface area contributed by atoms with Crippen molar-refractivity contribution in [3.8, 4) is 6.07 Å². The van der Waals surface area contributed by atoms with Gasteiger partial charge in [0.05, 0.1) is 22.1 Å². The van der Waals surface area contributed by atoms with Gasteiger partial charge in [0, 0.05) is 53.1 Å². The molecular weight excluding hydrogens is 438 g/mol. The molecule has 7 nitrogen and oxygen atoms in total. The van der Waals surface area contributed by atoms with Gasteiger partial charge in [-0.2, -0.15) is 5.26 Å². The van der Waals surface area contributed by atoms with Crippen LogP contribution in [-0.2, 0) is 9.59 Å². The summed E-state index contributed by atoms with van der Waals surface area (Å²) in [6.45, 7) is 2.52. The van der Waals surface area contributed by atoms with Crippen LogP contribution in [0.1, 0.15) is 12.8 Å². The number of rotatable bonds is 5. The summed E-state index contributed by atoms with van der Waals surface area (Å²) in [5.41, 5.74) is 2.91. The van der Waals surface area contributed by atoms with Crippen molar-refractivity contribution >= 4 is 40.4 Å². The van der Waals surface area contributed by atoms with Crippen molar-refractivity contribution in [3.63, 3.8) is 0 Å². The van der Waals surface area contributed by atoms with E-state index in [1.165, 1.54) is 0 Å². The van der Waals surface area contributed by atoms with Crippen molar-refractivity contribution in [2.45, 2.75) is 12.8 Å². The second-order valence-electron chi connectivity index (χ2n) is 8.16. The van der Waals surface area contributed by atoms with Gasteiger partial charge >= 0.3 is 0 Å². The van der Waals surface area contributed by atoms with Gasteiger partial charge in [-0.3, -0.25) is 9.59 Å². The van der Waals surface area contributed by atoms with Gasteiger partial charge in [-0.15, -0.1) is 0 Å². The third-order valence-corrected chi connectivity index (χ3v) is 6.57. The van der Waals surface area contributed by atoms with E-state index in [-0.39, 0.29) is 30.1 Å². The van der Waals surface area contributed by atoms with Crippen molar-refractivity contribution in [2.75, 3.05) is 55.0 Å². The standard InChI is InChI=1S/C25H26ClN5O2/c1-28-21-9-5-6-10-22(21)29(2)25(28)18(17-27)23(32)11-12-24(33)31-15-13-30(14-16-31)20-8-4-3-7-19(20)26/h3-10H,11-16H2,1-2H3. The van der Waals surface area contributed by atoms with Crippen LogP contribution in [0.2, 0.25) is 5.02 Å². The van der Waals surface area contributed by atoms with Crippen LogP contribution in [0.25, 0.3) is 0 Å². The Labute approximate surface area is 199 Å². The molecule has 2 aromatic carbocycles. The van der Waals surface area contributed by atoms with Crippen molar-refractivity contribution in [1.82, 2.24) is 4.90 Å². The normalized spacial score (nSPS) is 15.4. The number of benzene rings is 2. The second kappa shape index (κ2) is 9.55. The molecule has 2 aliphatic heterocycles. The van der Waals surface area contributed by atoms with Gasteiger partial charge in [0.15, 0.2) is 5.78 Å². The SMILES string of the molecule is CN1C(=C(C#N)C(=O)CCC(=O)N2CCN(c3ccccc3Cl)CC2)N(C)c2ccccc21. The maximum absolute atomic E-state index is 12.9. The highest BCUT2D eigenvalue weighted by Crippen LogP contribution is 2.40. The number of hydrogen-bond acceptors (Lipinski definition) is 6. The summed E-state index contributed by atoms with van der Waals surface area (Å²) in [4.78, 5) is 33.3. The van der Waals surface area contributed by atoms with Crippen LogP contribution in [0.15, 0.2) is 59.9 Å². The summed E-state index contributed by atoms with van der Waals surface area (Å²) < 4.78 is 0. The highest BCUT2D eigenvalue weighted by Gasteiger charge is 2.31. The summed E-state index contributed by atoms with van der Waals surface area (Å²) in [7, 11) is 3.68. The van der Waals surface area contributed by atoms with Gasteiger partial charge in [0.1, 0.15) is 17.5 Å². The number of amides is 1. The molecule has 2 heterocycles. The minimum absolute atomic E-state index is 0.00792. The topological polar surface area (TPSA) is 70.9 Å². The van der Waals surface area contributed by atoms with Crippen LogP contribution in [0.3, 0.4) is 0 Å². The molecule has 1 amide bonds. The number of anilines is 3.